The van der Waals surface area contributed by atoms with Gasteiger partial charge in [0.2, 0.25) is 15.9 Å². The summed E-state index contributed by atoms with van der Waals surface area (Å²) in [5, 5.41) is 3.21. The Balaban J connectivity index is 1.44. The molecule has 0 saturated carbocycles. The lowest BCUT2D eigenvalue weighted by Gasteiger charge is -2.42. The van der Waals surface area contributed by atoms with Gasteiger partial charge in [0.1, 0.15) is 23.3 Å². The van der Waals surface area contributed by atoms with E-state index in [9.17, 15) is 32.0 Å². The predicted octanol–water partition coefficient (Wildman–Crippen LogP) is 0.737. The summed E-state index contributed by atoms with van der Waals surface area (Å²) in [4.78, 5) is 65.6. The highest BCUT2D eigenvalue weighted by atomic mass is 35.5. The van der Waals surface area contributed by atoms with Gasteiger partial charge in [-0.1, -0.05) is 23.7 Å². The van der Waals surface area contributed by atoms with E-state index in [2.05, 4.69) is 20.0 Å². The molecule has 3 aromatic rings. The Morgan fingerprint density at radius 3 is 2.50 bits per heavy atom. The molecule has 0 aliphatic carbocycles. The Morgan fingerprint density at radius 1 is 1.14 bits per heavy atom. The first-order valence-corrected chi connectivity index (χ1v) is 15.9. The maximum atomic E-state index is 14.1. The first-order valence-electron chi connectivity index (χ1n) is 13.6. The van der Waals surface area contributed by atoms with Crippen LogP contribution in [0.2, 0.25) is 5.02 Å². The number of hydrogen-bond donors (Lipinski definition) is 2. The van der Waals surface area contributed by atoms with Crippen LogP contribution in [0.3, 0.4) is 0 Å². The Morgan fingerprint density at radius 2 is 1.84 bits per heavy atom. The first-order chi connectivity index (χ1) is 20.7. The molecular weight excluding hydrogens is 619 g/mol. The van der Waals surface area contributed by atoms with Crippen molar-refractivity contribution < 1.29 is 27.2 Å². The van der Waals surface area contributed by atoms with Gasteiger partial charge in [-0.3, -0.25) is 23.9 Å². The van der Waals surface area contributed by atoms with Gasteiger partial charge in [-0.2, -0.15) is 0 Å². The van der Waals surface area contributed by atoms with E-state index >= 15 is 0 Å². The largest absolute Gasteiger partial charge is 0.348 e. The second-order valence-electron chi connectivity index (χ2n) is 10.9. The van der Waals surface area contributed by atoms with Crippen molar-refractivity contribution in [3.63, 3.8) is 0 Å². The number of pyridine rings is 1. The molecule has 4 heterocycles. The fourth-order valence-corrected chi connectivity index (χ4v) is 5.57. The SMILES string of the molecule is CC1(F)CN(C(=O)Cn2c(=O)c(C(=O)NCc3ccc(Cl)cc3)cc3nc(N4CCN(CCNS(C)(=O)=O)C4=O)cnc32)C1. The third-order valence-corrected chi connectivity index (χ3v) is 8.17. The zero-order chi connectivity index (χ0) is 31.8. The normalized spacial score (nSPS) is 16.4. The van der Waals surface area contributed by atoms with Crippen molar-refractivity contribution in [3.05, 3.63) is 63.0 Å². The molecule has 0 bridgehead atoms. The van der Waals surface area contributed by atoms with Gasteiger partial charge in [0, 0.05) is 37.7 Å². The van der Waals surface area contributed by atoms with E-state index < -0.39 is 45.6 Å². The summed E-state index contributed by atoms with van der Waals surface area (Å²) in [6.07, 6.45) is 2.30. The lowest BCUT2D eigenvalue weighted by atomic mass is 9.99. The third kappa shape index (κ3) is 6.97. The number of benzene rings is 1. The molecule has 0 radical (unpaired) electrons. The van der Waals surface area contributed by atoms with Crippen LogP contribution in [-0.2, 0) is 27.9 Å². The molecule has 44 heavy (non-hydrogen) atoms. The average Bonchev–Trinajstić information content (AvgIpc) is 3.31. The zero-order valence-corrected chi connectivity index (χ0v) is 25.5. The van der Waals surface area contributed by atoms with E-state index in [-0.39, 0.29) is 61.8 Å². The van der Waals surface area contributed by atoms with Crippen molar-refractivity contribution in [2.45, 2.75) is 25.7 Å². The molecule has 2 N–H and O–H groups in total. The Bertz CT molecular complexity index is 1790. The van der Waals surface area contributed by atoms with Gasteiger partial charge in [-0.05, 0) is 30.7 Å². The number of alkyl halides is 1. The summed E-state index contributed by atoms with van der Waals surface area (Å²) in [7, 11) is -3.42. The number of nitrogens with one attached hydrogen (secondary N) is 2. The number of likely N-dealkylation sites (tertiary alicyclic amines) is 1. The number of aromatic nitrogens is 3. The molecule has 1 aromatic carbocycles. The van der Waals surface area contributed by atoms with E-state index in [1.54, 1.807) is 24.3 Å². The van der Waals surface area contributed by atoms with Crippen LogP contribution in [0.4, 0.5) is 15.0 Å². The highest BCUT2D eigenvalue weighted by Gasteiger charge is 2.41. The maximum Gasteiger partial charge on any atom is 0.325 e. The van der Waals surface area contributed by atoms with Crippen LogP contribution in [0.15, 0.2) is 41.3 Å². The molecule has 0 unspecified atom stereocenters. The minimum atomic E-state index is -3.42. The minimum absolute atomic E-state index is 0.00531. The van der Waals surface area contributed by atoms with Crippen LogP contribution in [0.25, 0.3) is 11.2 Å². The number of anilines is 1. The Labute approximate surface area is 256 Å². The summed E-state index contributed by atoms with van der Waals surface area (Å²) in [5.41, 5.74) is -1.78. The molecular formula is C27H30ClFN8O6S. The van der Waals surface area contributed by atoms with Crippen molar-refractivity contribution >= 4 is 56.5 Å². The molecule has 234 valence electrons. The highest BCUT2D eigenvalue weighted by molar-refractivity contribution is 7.88. The molecule has 17 heteroatoms. The average molecular weight is 649 g/mol. The van der Waals surface area contributed by atoms with Crippen LogP contribution < -0.4 is 20.5 Å². The molecule has 2 saturated heterocycles. The molecule has 14 nitrogen and oxygen atoms in total. The second-order valence-corrected chi connectivity index (χ2v) is 13.2. The number of halogens is 2. The van der Waals surface area contributed by atoms with E-state index in [1.165, 1.54) is 33.9 Å². The van der Waals surface area contributed by atoms with Crippen molar-refractivity contribution in [2.24, 2.45) is 0 Å². The van der Waals surface area contributed by atoms with Crippen LogP contribution in [0.1, 0.15) is 22.8 Å². The molecule has 2 aliphatic rings. The van der Waals surface area contributed by atoms with Gasteiger partial charge in [-0.15, -0.1) is 0 Å². The monoisotopic (exact) mass is 648 g/mol. The molecule has 2 fully saturated rings. The first kappa shape index (κ1) is 31.3. The lowest BCUT2D eigenvalue weighted by molar-refractivity contribution is -0.144. The molecule has 0 atom stereocenters. The van der Waals surface area contributed by atoms with Crippen LogP contribution in [0.5, 0.6) is 0 Å². The van der Waals surface area contributed by atoms with Gasteiger partial charge in [0.25, 0.3) is 11.5 Å². The van der Waals surface area contributed by atoms with E-state index in [0.29, 0.717) is 11.6 Å². The van der Waals surface area contributed by atoms with Gasteiger partial charge >= 0.3 is 6.03 Å². The number of carbonyl (C=O) groups is 3. The van der Waals surface area contributed by atoms with Crippen molar-refractivity contribution in [1.82, 2.24) is 34.4 Å². The number of urea groups is 1. The van der Waals surface area contributed by atoms with E-state index in [0.717, 1.165) is 16.4 Å². The number of sulfonamides is 1. The fourth-order valence-electron chi connectivity index (χ4n) is 4.98. The standard InChI is InChI=1S/C27H30ClFN8O6S/c1-27(29)15-35(16-27)22(38)14-37-23-20(11-19(25(37)40)24(39)31-12-17-3-5-18(28)6-4-17)33-21(13-30-23)36-10-9-34(26(36)41)8-7-32-44(2,42)43/h3-6,11,13,32H,7-10,12,14-16H2,1-2H3,(H,31,39). The molecule has 5 rings (SSSR count). The quantitative estimate of drug-likeness (QED) is 0.325. The van der Waals surface area contributed by atoms with Crippen molar-refractivity contribution in [1.29, 1.82) is 0 Å². The highest BCUT2D eigenvalue weighted by Crippen LogP contribution is 2.25. The Kier molecular flexibility index (Phi) is 8.59. The van der Waals surface area contributed by atoms with Crippen LogP contribution in [-0.4, -0.2) is 102 Å². The number of amides is 4. The third-order valence-electron chi connectivity index (χ3n) is 7.19. The van der Waals surface area contributed by atoms with E-state index in [4.69, 9.17) is 11.6 Å². The number of hydrogen-bond acceptors (Lipinski definition) is 8. The summed E-state index contributed by atoms with van der Waals surface area (Å²) < 4.78 is 40.1. The fraction of sp³-hybridized carbons (Fsp3) is 0.407. The summed E-state index contributed by atoms with van der Waals surface area (Å²) in [6.45, 7) is 1.44. The van der Waals surface area contributed by atoms with Gasteiger partial charge in [-0.25, -0.2) is 32.3 Å². The van der Waals surface area contributed by atoms with Crippen molar-refractivity contribution in [3.8, 4) is 0 Å². The number of rotatable bonds is 10. The van der Waals surface area contributed by atoms with Gasteiger partial charge in [0.15, 0.2) is 11.5 Å². The van der Waals surface area contributed by atoms with Gasteiger partial charge in [0.05, 0.1) is 25.5 Å². The lowest BCUT2D eigenvalue weighted by Crippen LogP contribution is -2.60. The van der Waals surface area contributed by atoms with E-state index in [1.807, 2.05) is 0 Å². The smallest absolute Gasteiger partial charge is 0.325 e. The predicted molar refractivity (Wildman–Crippen MR) is 160 cm³/mol. The molecule has 0 spiro atoms. The number of carbonyl (C=O) groups excluding carboxylic acids is 3. The summed E-state index contributed by atoms with van der Waals surface area (Å²) in [6, 6.07) is 7.59. The van der Waals surface area contributed by atoms with Crippen molar-refractivity contribution in [2.75, 3.05) is 50.4 Å². The second kappa shape index (κ2) is 12.1. The van der Waals surface area contributed by atoms with Crippen LogP contribution >= 0.6 is 11.6 Å². The molecule has 4 amide bonds. The molecule has 2 aromatic heterocycles. The van der Waals surface area contributed by atoms with Crippen LogP contribution in [0, 0.1) is 0 Å². The zero-order valence-electron chi connectivity index (χ0n) is 23.9. The number of fused-ring (bicyclic) bond motifs is 1. The maximum absolute atomic E-state index is 14.1. The topological polar surface area (TPSA) is 167 Å². The minimum Gasteiger partial charge on any atom is -0.348 e. The summed E-state index contributed by atoms with van der Waals surface area (Å²) in [5.74, 6) is -1.11. The van der Waals surface area contributed by atoms with Gasteiger partial charge < -0.3 is 15.1 Å². The number of nitrogens with zero attached hydrogens (tertiary/aromatic N) is 6. The Hall–Kier alpha value is -4.15. The molecule has 2 aliphatic heterocycles. The summed E-state index contributed by atoms with van der Waals surface area (Å²) >= 11 is 5.93.